The van der Waals surface area contributed by atoms with Crippen LogP contribution >= 0.6 is 0 Å². The summed E-state index contributed by atoms with van der Waals surface area (Å²) in [6.07, 6.45) is 1.86. The van der Waals surface area contributed by atoms with Crippen molar-refractivity contribution in [1.82, 2.24) is 0 Å². The average Bonchev–Trinajstić information content (AvgIpc) is 1.93. The van der Waals surface area contributed by atoms with Gasteiger partial charge in [0.15, 0.2) is 5.78 Å². The maximum Gasteiger partial charge on any atom is 0.184 e. The molecule has 0 amide bonds. The predicted octanol–water partition coefficient (Wildman–Crippen LogP) is 2.24. The van der Waals surface area contributed by atoms with E-state index in [9.17, 15) is 4.79 Å². The molecule has 0 aliphatic heterocycles. The van der Waals surface area contributed by atoms with Crippen molar-refractivity contribution in [2.75, 3.05) is 0 Å². The van der Waals surface area contributed by atoms with Crippen molar-refractivity contribution in [3.8, 4) is 0 Å². The summed E-state index contributed by atoms with van der Waals surface area (Å²) < 4.78 is 0. The van der Waals surface area contributed by atoms with E-state index in [1.807, 2.05) is 13.8 Å². The van der Waals surface area contributed by atoms with Crippen LogP contribution in [0, 0.1) is 0 Å². The molecule has 1 heteroatoms. The third-order valence-corrected chi connectivity index (χ3v) is 2.10. The van der Waals surface area contributed by atoms with Crippen LogP contribution in [0.25, 0.3) is 0 Å². The minimum Gasteiger partial charge on any atom is -0.289 e. The summed E-state index contributed by atoms with van der Waals surface area (Å²) in [5.41, 5.74) is 2.89. The second-order valence-corrected chi connectivity index (χ2v) is 2.84. The molecule has 0 saturated carbocycles. The maximum absolute atomic E-state index is 11.2. The number of hydrogen-bond acceptors (Lipinski definition) is 1. The van der Waals surface area contributed by atoms with Crippen LogP contribution in [-0.4, -0.2) is 5.78 Å². The maximum atomic E-state index is 11.2. The molecule has 0 fully saturated rings. The van der Waals surface area contributed by atoms with Crippen molar-refractivity contribution in [3.63, 3.8) is 0 Å². The van der Waals surface area contributed by atoms with Crippen LogP contribution in [-0.2, 0) is 4.79 Å². The summed E-state index contributed by atoms with van der Waals surface area (Å²) in [6.45, 7) is 7.59. The van der Waals surface area contributed by atoms with E-state index in [1.165, 1.54) is 5.57 Å². The molecule has 0 spiro atoms. The Morgan fingerprint density at radius 2 is 1.90 bits per heavy atom. The van der Waals surface area contributed by atoms with Crippen molar-refractivity contribution in [3.05, 3.63) is 23.3 Å². The van der Waals surface area contributed by atoms with Gasteiger partial charge in [-0.2, -0.15) is 0 Å². The fraction of sp³-hybridized carbons (Fsp3) is 0.444. The van der Waals surface area contributed by atoms with E-state index in [4.69, 9.17) is 0 Å². The highest BCUT2D eigenvalue weighted by Crippen LogP contribution is 2.23. The lowest BCUT2D eigenvalue weighted by Crippen LogP contribution is -2.10. The van der Waals surface area contributed by atoms with Gasteiger partial charge in [-0.25, -0.2) is 0 Å². The summed E-state index contributed by atoms with van der Waals surface area (Å²) in [5, 5.41) is 0. The predicted molar refractivity (Wildman–Crippen MR) is 41.8 cm³/mol. The number of ketones is 1. The molecule has 1 rings (SSSR count). The van der Waals surface area contributed by atoms with Gasteiger partial charge in [-0.15, -0.1) is 0 Å². The van der Waals surface area contributed by atoms with E-state index in [-0.39, 0.29) is 5.78 Å². The lowest BCUT2D eigenvalue weighted by atomic mass is 9.89. The number of allylic oxidation sites excluding steroid dienone is 3. The summed E-state index contributed by atoms with van der Waals surface area (Å²) >= 11 is 0. The lowest BCUT2D eigenvalue weighted by Gasteiger charge is -2.14. The summed E-state index contributed by atoms with van der Waals surface area (Å²) in [5.74, 6) is 0.156. The zero-order chi connectivity index (χ0) is 7.72. The SMILES string of the molecule is C=C1CCC(C)=C(C)C1=O. The van der Waals surface area contributed by atoms with Gasteiger partial charge < -0.3 is 0 Å². The van der Waals surface area contributed by atoms with Crippen LogP contribution in [0.3, 0.4) is 0 Å². The summed E-state index contributed by atoms with van der Waals surface area (Å²) in [7, 11) is 0. The second-order valence-electron chi connectivity index (χ2n) is 2.84. The van der Waals surface area contributed by atoms with E-state index < -0.39 is 0 Å². The van der Waals surface area contributed by atoms with Gasteiger partial charge >= 0.3 is 0 Å². The summed E-state index contributed by atoms with van der Waals surface area (Å²) in [6, 6.07) is 0. The van der Waals surface area contributed by atoms with E-state index in [2.05, 4.69) is 6.58 Å². The fourth-order valence-corrected chi connectivity index (χ4v) is 1.10. The number of rotatable bonds is 0. The molecule has 0 saturated heterocycles. The molecule has 0 aromatic carbocycles. The molecule has 0 N–H and O–H groups in total. The second kappa shape index (κ2) is 2.41. The Balaban J connectivity index is 2.99. The molecule has 1 aliphatic carbocycles. The molecule has 0 atom stereocenters. The highest BCUT2D eigenvalue weighted by atomic mass is 16.1. The Morgan fingerprint density at radius 3 is 2.40 bits per heavy atom. The molecule has 0 unspecified atom stereocenters. The van der Waals surface area contributed by atoms with E-state index in [0.717, 1.165) is 24.0 Å². The van der Waals surface area contributed by atoms with Gasteiger partial charge in [0.1, 0.15) is 0 Å². The highest BCUT2D eigenvalue weighted by Gasteiger charge is 2.16. The Hall–Kier alpha value is -0.850. The molecule has 0 bridgehead atoms. The third-order valence-electron chi connectivity index (χ3n) is 2.10. The number of carbonyl (C=O) groups excluding carboxylic acids is 1. The van der Waals surface area contributed by atoms with Crippen LogP contribution in [0.1, 0.15) is 26.7 Å². The minimum absolute atomic E-state index is 0.156. The van der Waals surface area contributed by atoms with Crippen LogP contribution in [0.15, 0.2) is 23.3 Å². The number of Topliss-reactive ketones (excluding diaryl/α,β-unsaturated/α-hetero) is 1. The average molecular weight is 136 g/mol. The van der Waals surface area contributed by atoms with Gasteiger partial charge in [0.05, 0.1) is 0 Å². The number of carbonyl (C=O) groups is 1. The molecule has 1 nitrogen and oxygen atoms in total. The first kappa shape index (κ1) is 7.26. The third kappa shape index (κ3) is 1.04. The molecular formula is C9H12O. The molecule has 54 valence electrons. The zero-order valence-electron chi connectivity index (χ0n) is 6.53. The Kier molecular flexibility index (Phi) is 1.75. The van der Waals surface area contributed by atoms with Crippen molar-refractivity contribution < 1.29 is 4.79 Å². The lowest BCUT2D eigenvalue weighted by molar-refractivity contribution is -0.112. The van der Waals surface area contributed by atoms with Crippen LogP contribution < -0.4 is 0 Å². The smallest absolute Gasteiger partial charge is 0.184 e. The van der Waals surface area contributed by atoms with Gasteiger partial charge in [0, 0.05) is 0 Å². The standard InChI is InChI=1S/C9H12O/c1-6-4-5-7(2)9(10)8(6)3/h2,4-5H2,1,3H3. The van der Waals surface area contributed by atoms with E-state index >= 15 is 0 Å². The first-order valence-corrected chi connectivity index (χ1v) is 3.51. The zero-order valence-corrected chi connectivity index (χ0v) is 6.53. The van der Waals surface area contributed by atoms with Gasteiger partial charge in [0.25, 0.3) is 0 Å². The molecule has 0 aromatic rings. The first-order valence-electron chi connectivity index (χ1n) is 3.51. The normalized spacial score (nSPS) is 20.2. The minimum atomic E-state index is 0.156. The van der Waals surface area contributed by atoms with Crippen LogP contribution in [0.2, 0.25) is 0 Å². The fourth-order valence-electron chi connectivity index (χ4n) is 1.10. The van der Waals surface area contributed by atoms with E-state index in [0.29, 0.717) is 0 Å². The molecular weight excluding hydrogens is 124 g/mol. The quantitative estimate of drug-likeness (QED) is 0.467. The van der Waals surface area contributed by atoms with Gasteiger partial charge in [0.2, 0.25) is 0 Å². The summed E-state index contributed by atoms with van der Waals surface area (Å²) in [4.78, 5) is 11.2. The van der Waals surface area contributed by atoms with E-state index in [1.54, 1.807) is 0 Å². The monoisotopic (exact) mass is 136 g/mol. The van der Waals surface area contributed by atoms with Crippen LogP contribution in [0.5, 0.6) is 0 Å². The molecule has 0 radical (unpaired) electrons. The van der Waals surface area contributed by atoms with Crippen molar-refractivity contribution in [2.24, 2.45) is 0 Å². The van der Waals surface area contributed by atoms with Crippen LogP contribution in [0.4, 0.5) is 0 Å². The molecule has 1 aliphatic rings. The van der Waals surface area contributed by atoms with Crippen molar-refractivity contribution in [1.29, 1.82) is 0 Å². The Labute approximate surface area is 61.4 Å². The number of hydrogen-bond donors (Lipinski definition) is 0. The van der Waals surface area contributed by atoms with Gasteiger partial charge in [-0.3, -0.25) is 4.79 Å². The Bertz CT molecular complexity index is 221. The van der Waals surface area contributed by atoms with Crippen molar-refractivity contribution >= 4 is 5.78 Å². The topological polar surface area (TPSA) is 17.1 Å². The van der Waals surface area contributed by atoms with Gasteiger partial charge in [-0.1, -0.05) is 12.2 Å². The van der Waals surface area contributed by atoms with Crippen molar-refractivity contribution in [2.45, 2.75) is 26.7 Å². The Morgan fingerprint density at radius 1 is 1.30 bits per heavy atom. The molecule has 10 heavy (non-hydrogen) atoms. The molecule has 0 aromatic heterocycles. The van der Waals surface area contributed by atoms with Gasteiger partial charge in [-0.05, 0) is 37.8 Å². The first-order chi connectivity index (χ1) is 4.63. The molecule has 0 heterocycles. The largest absolute Gasteiger partial charge is 0.289 e. The highest BCUT2D eigenvalue weighted by molar-refractivity contribution is 6.08.